The minimum absolute atomic E-state index is 0.257. The van der Waals surface area contributed by atoms with Gasteiger partial charge in [-0.3, -0.25) is 4.79 Å². The van der Waals surface area contributed by atoms with Crippen molar-refractivity contribution in [1.82, 2.24) is 5.06 Å². The van der Waals surface area contributed by atoms with Crippen LogP contribution < -0.4 is 5.73 Å². The highest BCUT2D eigenvalue weighted by atomic mass is 16.7. The summed E-state index contributed by atoms with van der Waals surface area (Å²) in [7, 11) is 0. The summed E-state index contributed by atoms with van der Waals surface area (Å²) in [4.78, 5) is 28.1. The smallest absolute Gasteiger partial charge is 0.363 e. The molecule has 1 aliphatic rings. The molecule has 1 aromatic carbocycles. The van der Waals surface area contributed by atoms with Crippen molar-refractivity contribution in [1.29, 1.82) is 0 Å². The minimum atomic E-state index is -0.617. The molecule has 2 rings (SSSR count). The lowest BCUT2D eigenvalue weighted by atomic mass is 10.2. The van der Waals surface area contributed by atoms with E-state index in [-0.39, 0.29) is 5.91 Å². The Morgan fingerprint density at radius 2 is 2.18 bits per heavy atom. The molecule has 0 atom stereocenters. The SMILES string of the molecule is C=C1CCC(=O)N1OC(=O)c1cccc(N)c1. The van der Waals surface area contributed by atoms with Gasteiger partial charge in [-0.15, -0.1) is 5.06 Å². The van der Waals surface area contributed by atoms with E-state index >= 15 is 0 Å². The molecule has 1 heterocycles. The molecule has 0 saturated carbocycles. The molecule has 0 spiro atoms. The average molecular weight is 232 g/mol. The highest BCUT2D eigenvalue weighted by Gasteiger charge is 2.28. The van der Waals surface area contributed by atoms with E-state index in [1.807, 2.05) is 0 Å². The van der Waals surface area contributed by atoms with E-state index in [0.717, 1.165) is 5.06 Å². The van der Waals surface area contributed by atoms with Crippen molar-refractivity contribution >= 4 is 17.6 Å². The number of rotatable bonds is 2. The fraction of sp³-hybridized carbons (Fsp3) is 0.167. The van der Waals surface area contributed by atoms with Gasteiger partial charge < -0.3 is 10.6 Å². The van der Waals surface area contributed by atoms with Gasteiger partial charge >= 0.3 is 5.97 Å². The second kappa shape index (κ2) is 4.29. The molecule has 0 bridgehead atoms. The van der Waals surface area contributed by atoms with E-state index in [1.54, 1.807) is 18.2 Å². The number of benzene rings is 1. The van der Waals surface area contributed by atoms with Crippen molar-refractivity contribution in [2.45, 2.75) is 12.8 Å². The summed E-state index contributed by atoms with van der Waals surface area (Å²) >= 11 is 0. The lowest BCUT2D eigenvalue weighted by molar-refractivity contribution is -0.153. The lowest BCUT2D eigenvalue weighted by Gasteiger charge is -2.15. The topological polar surface area (TPSA) is 72.6 Å². The maximum absolute atomic E-state index is 11.7. The number of carbonyl (C=O) groups excluding carboxylic acids is 2. The maximum atomic E-state index is 11.7. The van der Waals surface area contributed by atoms with Gasteiger partial charge in [0.1, 0.15) is 0 Å². The van der Waals surface area contributed by atoms with Crippen LogP contribution in [0, 0.1) is 0 Å². The van der Waals surface area contributed by atoms with Gasteiger partial charge in [-0.05, 0) is 24.6 Å². The highest BCUT2D eigenvalue weighted by Crippen LogP contribution is 2.22. The quantitative estimate of drug-likeness (QED) is 0.784. The Labute approximate surface area is 98.4 Å². The molecule has 1 aliphatic heterocycles. The Morgan fingerprint density at radius 1 is 1.41 bits per heavy atom. The van der Waals surface area contributed by atoms with Crippen molar-refractivity contribution in [2.24, 2.45) is 0 Å². The molecule has 1 fully saturated rings. The fourth-order valence-corrected chi connectivity index (χ4v) is 1.55. The van der Waals surface area contributed by atoms with E-state index in [4.69, 9.17) is 10.6 Å². The van der Waals surface area contributed by atoms with Crippen molar-refractivity contribution in [2.75, 3.05) is 5.73 Å². The highest BCUT2D eigenvalue weighted by molar-refractivity contribution is 5.92. The summed E-state index contributed by atoms with van der Waals surface area (Å²) in [5, 5.41) is 0.950. The van der Waals surface area contributed by atoms with Crippen LogP contribution in [0.4, 0.5) is 5.69 Å². The van der Waals surface area contributed by atoms with E-state index in [2.05, 4.69) is 6.58 Å². The second-order valence-corrected chi connectivity index (χ2v) is 3.76. The first-order chi connectivity index (χ1) is 8.08. The third kappa shape index (κ3) is 2.28. The van der Waals surface area contributed by atoms with Gasteiger partial charge in [-0.25, -0.2) is 4.79 Å². The third-order valence-corrected chi connectivity index (χ3v) is 2.44. The summed E-state index contributed by atoms with van der Waals surface area (Å²) in [5.41, 5.74) is 6.81. The average Bonchev–Trinajstić information content (AvgIpc) is 2.61. The van der Waals surface area contributed by atoms with E-state index in [0.29, 0.717) is 29.8 Å². The Balaban J connectivity index is 2.12. The molecular weight excluding hydrogens is 220 g/mol. The lowest BCUT2D eigenvalue weighted by Crippen LogP contribution is -2.26. The van der Waals surface area contributed by atoms with Crippen molar-refractivity contribution in [3.8, 4) is 0 Å². The number of hydrogen-bond donors (Lipinski definition) is 1. The summed E-state index contributed by atoms with van der Waals surface area (Å²) in [6.45, 7) is 3.65. The summed E-state index contributed by atoms with van der Waals surface area (Å²) in [6.07, 6.45) is 0.839. The van der Waals surface area contributed by atoms with Gasteiger partial charge in [-0.1, -0.05) is 12.6 Å². The van der Waals surface area contributed by atoms with Crippen LogP contribution in [-0.2, 0) is 9.63 Å². The second-order valence-electron chi connectivity index (χ2n) is 3.76. The van der Waals surface area contributed by atoms with Crippen molar-refractivity contribution in [3.63, 3.8) is 0 Å². The predicted molar refractivity (Wildman–Crippen MR) is 61.5 cm³/mol. The van der Waals surface area contributed by atoms with Crippen LogP contribution in [0.25, 0.3) is 0 Å². The molecule has 88 valence electrons. The van der Waals surface area contributed by atoms with Gasteiger partial charge in [0, 0.05) is 12.1 Å². The standard InChI is InChI=1S/C12H12N2O3/c1-8-5-6-11(15)14(8)17-12(16)9-3-2-4-10(13)7-9/h2-4,7H,1,5-6,13H2. The van der Waals surface area contributed by atoms with Crippen LogP contribution in [0.1, 0.15) is 23.2 Å². The minimum Gasteiger partial charge on any atom is -0.399 e. The Hall–Kier alpha value is -2.30. The number of nitrogens with two attached hydrogens (primary N) is 1. The molecule has 0 unspecified atom stereocenters. The molecule has 1 saturated heterocycles. The van der Waals surface area contributed by atoms with E-state index in [1.165, 1.54) is 6.07 Å². The zero-order valence-corrected chi connectivity index (χ0v) is 9.18. The summed E-state index contributed by atoms with van der Waals surface area (Å²) in [5.74, 6) is -0.874. The van der Waals surface area contributed by atoms with Crippen LogP contribution in [-0.4, -0.2) is 16.9 Å². The molecule has 1 aromatic rings. The number of nitrogens with zero attached hydrogens (tertiary/aromatic N) is 1. The molecule has 1 amide bonds. The molecule has 5 heteroatoms. The number of hydrogen-bond acceptors (Lipinski definition) is 4. The van der Waals surface area contributed by atoms with Crippen molar-refractivity contribution < 1.29 is 14.4 Å². The van der Waals surface area contributed by atoms with Crippen LogP contribution >= 0.6 is 0 Å². The van der Waals surface area contributed by atoms with Gasteiger partial charge in [0.2, 0.25) is 0 Å². The Morgan fingerprint density at radius 3 is 2.76 bits per heavy atom. The molecule has 0 aromatic heterocycles. The Bertz CT molecular complexity index is 480. The third-order valence-electron chi connectivity index (χ3n) is 2.44. The summed E-state index contributed by atoms with van der Waals surface area (Å²) < 4.78 is 0. The van der Waals surface area contributed by atoms with Crippen molar-refractivity contribution in [3.05, 3.63) is 42.1 Å². The zero-order chi connectivity index (χ0) is 12.4. The number of hydroxylamine groups is 2. The van der Waals surface area contributed by atoms with Crippen LogP contribution in [0.15, 0.2) is 36.5 Å². The van der Waals surface area contributed by atoms with E-state index in [9.17, 15) is 9.59 Å². The number of anilines is 1. The number of amides is 1. The van der Waals surface area contributed by atoms with E-state index < -0.39 is 5.97 Å². The number of allylic oxidation sites excluding steroid dienone is 1. The molecule has 5 nitrogen and oxygen atoms in total. The molecule has 2 N–H and O–H groups in total. The molecule has 17 heavy (non-hydrogen) atoms. The van der Waals surface area contributed by atoms with Gasteiger partial charge in [0.05, 0.1) is 11.3 Å². The normalized spacial score (nSPS) is 15.2. The molecular formula is C12H12N2O3. The number of nitrogen functional groups attached to an aromatic ring is 1. The fourth-order valence-electron chi connectivity index (χ4n) is 1.55. The monoisotopic (exact) mass is 232 g/mol. The van der Waals surface area contributed by atoms with Gasteiger partial charge in [-0.2, -0.15) is 0 Å². The largest absolute Gasteiger partial charge is 0.399 e. The molecule has 0 aliphatic carbocycles. The summed E-state index contributed by atoms with van der Waals surface area (Å²) in [6, 6.07) is 6.37. The van der Waals surface area contributed by atoms with Crippen LogP contribution in [0.3, 0.4) is 0 Å². The van der Waals surface area contributed by atoms with Crippen LogP contribution in [0.2, 0.25) is 0 Å². The predicted octanol–water partition coefficient (Wildman–Crippen LogP) is 1.48. The Kier molecular flexibility index (Phi) is 2.82. The first-order valence-corrected chi connectivity index (χ1v) is 5.16. The first kappa shape index (κ1) is 11.2. The maximum Gasteiger partial charge on any atom is 0.363 e. The zero-order valence-electron chi connectivity index (χ0n) is 9.18. The first-order valence-electron chi connectivity index (χ1n) is 5.16. The molecule has 0 radical (unpaired) electrons. The number of carbonyl (C=O) groups is 2. The van der Waals surface area contributed by atoms with Gasteiger partial charge in [0.15, 0.2) is 0 Å². The van der Waals surface area contributed by atoms with Crippen LogP contribution in [0.5, 0.6) is 0 Å². The van der Waals surface area contributed by atoms with Gasteiger partial charge in [0.25, 0.3) is 5.91 Å².